The molecule has 256 valence electrons. The van der Waals surface area contributed by atoms with Crippen molar-refractivity contribution >= 4 is 12.2 Å². The van der Waals surface area contributed by atoms with Crippen LogP contribution in [0, 0.1) is 0 Å². The Morgan fingerprint density at radius 2 is 0.792 bits per heavy atom. The molecule has 0 aliphatic rings. The third kappa shape index (κ3) is 11.9. The molecule has 0 atom stereocenters. The molecule has 9 nitrogen and oxygen atoms in total. The van der Waals surface area contributed by atoms with E-state index in [1.54, 1.807) is 49.8 Å². The molecule has 0 saturated carbocycles. The Hall–Kier alpha value is -5.12. The maximum absolute atomic E-state index is 5.68. The van der Waals surface area contributed by atoms with Gasteiger partial charge in [0.25, 0.3) is 0 Å². The summed E-state index contributed by atoms with van der Waals surface area (Å²) < 4.78 is 48.0. The minimum atomic E-state index is 0.497. The molecule has 0 aliphatic carbocycles. The maximum Gasteiger partial charge on any atom is 0.161 e. The summed E-state index contributed by atoms with van der Waals surface area (Å²) in [6, 6.07) is 25.2. The molecule has 0 N–H and O–H groups in total. The number of rotatable bonds is 17. The van der Waals surface area contributed by atoms with Crippen molar-refractivity contribution in [2.75, 3.05) is 63.0 Å². The SMILES string of the molecule is COc1ccc(/C=C/COCc2ccc(OC)c(OC)c2)cc1.COc1ccc(/C=C/COCc2ccc(OC)c(OC)c2)cc1OC. The quantitative estimate of drug-likeness (QED) is 0.105. The summed E-state index contributed by atoms with van der Waals surface area (Å²) in [7, 11) is 11.4. The summed E-state index contributed by atoms with van der Waals surface area (Å²) in [6.45, 7) is 2.06. The van der Waals surface area contributed by atoms with Crippen LogP contribution in [0.5, 0.6) is 40.2 Å². The van der Waals surface area contributed by atoms with Gasteiger partial charge >= 0.3 is 0 Å². The van der Waals surface area contributed by atoms with Gasteiger partial charge in [0.2, 0.25) is 0 Å². The van der Waals surface area contributed by atoms with Crippen molar-refractivity contribution in [3.8, 4) is 40.2 Å². The van der Waals surface area contributed by atoms with Gasteiger partial charge < -0.3 is 42.6 Å². The first-order valence-electron chi connectivity index (χ1n) is 15.2. The second kappa shape index (κ2) is 20.9. The topological polar surface area (TPSA) is 83.1 Å². The first-order valence-corrected chi connectivity index (χ1v) is 15.2. The molecule has 0 aliphatic heterocycles. The van der Waals surface area contributed by atoms with E-state index in [-0.39, 0.29) is 0 Å². The lowest BCUT2D eigenvalue weighted by atomic mass is 10.2. The number of hydrogen-bond acceptors (Lipinski definition) is 9. The molecule has 0 spiro atoms. The van der Waals surface area contributed by atoms with Crippen molar-refractivity contribution in [2.24, 2.45) is 0 Å². The molecule has 0 bridgehead atoms. The Morgan fingerprint density at radius 3 is 1.23 bits per heavy atom. The molecule has 0 heterocycles. The van der Waals surface area contributed by atoms with E-state index in [0.717, 1.165) is 33.8 Å². The molecule has 4 aromatic carbocycles. The summed E-state index contributed by atoms with van der Waals surface area (Å²) in [6.07, 6.45) is 7.95. The van der Waals surface area contributed by atoms with Crippen LogP contribution in [0.2, 0.25) is 0 Å². The molecular weight excluding hydrogens is 612 g/mol. The summed E-state index contributed by atoms with van der Waals surface area (Å²) in [5, 5.41) is 0. The summed E-state index contributed by atoms with van der Waals surface area (Å²) in [5.41, 5.74) is 4.20. The second-order valence-electron chi connectivity index (χ2n) is 10.1. The summed E-state index contributed by atoms with van der Waals surface area (Å²) >= 11 is 0. The second-order valence-corrected chi connectivity index (χ2v) is 10.1. The molecule has 0 radical (unpaired) electrons. The summed E-state index contributed by atoms with van der Waals surface area (Å²) in [5.74, 6) is 5.11. The van der Waals surface area contributed by atoms with E-state index in [1.807, 2.05) is 103 Å². The van der Waals surface area contributed by atoms with Crippen molar-refractivity contribution < 1.29 is 42.6 Å². The molecule has 0 saturated heterocycles. The Labute approximate surface area is 284 Å². The molecule has 0 aromatic heterocycles. The molecular formula is C39H46O9. The van der Waals surface area contributed by atoms with E-state index in [9.17, 15) is 0 Å². The van der Waals surface area contributed by atoms with Crippen LogP contribution in [-0.2, 0) is 22.7 Å². The van der Waals surface area contributed by atoms with Crippen LogP contribution in [0.3, 0.4) is 0 Å². The fraction of sp³-hybridized carbons (Fsp3) is 0.282. The highest BCUT2D eigenvalue weighted by Gasteiger charge is 2.06. The van der Waals surface area contributed by atoms with E-state index in [4.69, 9.17) is 42.6 Å². The highest BCUT2D eigenvalue weighted by molar-refractivity contribution is 5.56. The van der Waals surface area contributed by atoms with Crippen LogP contribution in [0.1, 0.15) is 22.3 Å². The number of methoxy groups -OCH3 is 7. The highest BCUT2D eigenvalue weighted by Crippen LogP contribution is 2.29. The monoisotopic (exact) mass is 658 g/mol. The predicted molar refractivity (Wildman–Crippen MR) is 189 cm³/mol. The lowest BCUT2D eigenvalue weighted by molar-refractivity contribution is 0.149. The fourth-order valence-electron chi connectivity index (χ4n) is 4.47. The third-order valence-corrected chi connectivity index (χ3v) is 7.01. The van der Waals surface area contributed by atoms with Gasteiger partial charge in [0.05, 0.1) is 76.2 Å². The minimum absolute atomic E-state index is 0.497. The van der Waals surface area contributed by atoms with E-state index in [0.29, 0.717) is 55.2 Å². The molecule has 0 unspecified atom stereocenters. The van der Waals surface area contributed by atoms with Gasteiger partial charge in [0.1, 0.15) is 5.75 Å². The number of ether oxygens (including phenoxy) is 9. The Kier molecular flexibility index (Phi) is 16.3. The summed E-state index contributed by atoms with van der Waals surface area (Å²) in [4.78, 5) is 0. The Bertz CT molecular complexity index is 1580. The Balaban J connectivity index is 0.000000261. The van der Waals surface area contributed by atoms with Gasteiger partial charge in [-0.15, -0.1) is 0 Å². The van der Waals surface area contributed by atoms with E-state index < -0.39 is 0 Å². The van der Waals surface area contributed by atoms with Gasteiger partial charge in [-0.3, -0.25) is 0 Å². The van der Waals surface area contributed by atoms with E-state index >= 15 is 0 Å². The van der Waals surface area contributed by atoms with Gasteiger partial charge in [0.15, 0.2) is 34.5 Å². The molecule has 48 heavy (non-hydrogen) atoms. The molecule has 4 rings (SSSR count). The molecule has 0 amide bonds. The average molecular weight is 659 g/mol. The van der Waals surface area contributed by atoms with Crippen molar-refractivity contribution in [1.29, 1.82) is 0 Å². The number of hydrogen-bond donors (Lipinski definition) is 0. The van der Waals surface area contributed by atoms with Crippen LogP contribution in [-0.4, -0.2) is 63.0 Å². The van der Waals surface area contributed by atoms with Crippen molar-refractivity contribution in [2.45, 2.75) is 13.2 Å². The van der Waals surface area contributed by atoms with E-state index in [1.165, 1.54) is 0 Å². The van der Waals surface area contributed by atoms with Gasteiger partial charge in [-0.25, -0.2) is 0 Å². The van der Waals surface area contributed by atoms with Gasteiger partial charge in [-0.1, -0.05) is 54.6 Å². The maximum atomic E-state index is 5.68. The molecule has 0 fully saturated rings. The van der Waals surface area contributed by atoms with Crippen LogP contribution >= 0.6 is 0 Å². The van der Waals surface area contributed by atoms with Crippen molar-refractivity contribution in [3.63, 3.8) is 0 Å². The first-order chi connectivity index (χ1) is 23.5. The van der Waals surface area contributed by atoms with Crippen LogP contribution in [0.25, 0.3) is 12.2 Å². The lowest BCUT2D eigenvalue weighted by Crippen LogP contribution is -1.96. The number of benzene rings is 4. The highest BCUT2D eigenvalue weighted by atomic mass is 16.5. The van der Waals surface area contributed by atoms with Gasteiger partial charge in [-0.05, 0) is 70.8 Å². The normalized spacial score (nSPS) is 10.7. The zero-order valence-corrected chi connectivity index (χ0v) is 28.8. The standard InChI is InChI=1S/C20H24O5.C19H22O4/c1-21-17-9-7-15(12-19(17)23-3)6-5-11-25-14-16-8-10-18(22-2)20(13-16)24-4;1-20-17-9-6-15(7-10-17)5-4-12-23-14-16-8-11-18(21-2)19(13-16)22-3/h5-10,12-13H,11,14H2,1-4H3;4-11,13H,12,14H2,1-3H3/b6-5+;5-4+. The minimum Gasteiger partial charge on any atom is -0.497 e. The van der Waals surface area contributed by atoms with Crippen molar-refractivity contribution in [3.05, 3.63) is 113 Å². The largest absolute Gasteiger partial charge is 0.497 e. The van der Waals surface area contributed by atoms with Gasteiger partial charge in [0, 0.05) is 0 Å². The third-order valence-electron chi connectivity index (χ3n) is 7.01. The zero-order valence-electron chi connectivity index (χ0n) is 28.8. The zero-order chi connectivity index (χ0) is 34.6. The molecule has 4 aromatic rings. The average Bonchev–Trinajstić information content (AvgIpc) is 3.14. The van der Waals surface area contributed by atoms with Crippen molar-refractivity contribution in [1.82, 2.24) is 0 Å². The predicted octanol–water partition coefficient (Wildman–Crippen LogP) is 7.89. The first kappa shape index (κ1) is 37.3. The Morgan fingerprint density at radius 1 is 0.396 bits per heavy atom. The fourth-order valence-corrected chi connectivity index (χ4v) is 4.47. The molecule has 9 heteroatoms. The van der Waals surface area contributed by atoms with Crippen LogP contribution in [0.15, 0.2) is 91.0 Å². The van der Waals surface area contributed by atoms with Crippen LogP contribution in [0.4, 0.5) is 0 Å². The van der Waals surface area contributed by atoms with Gasteiger partial charge in [-0.2, -0.15) is 0 Å². The lowest BCUT2D eigenvalue weighted by Gasteiger charge is -2.09. The van der Waals surface area contributed by atoms with Crippen LogP contribution < -0.4 is 33.2 Å². The smallest absolute Gasteiger partial charge is 0.161 e. The van der Waals surface area contributed by atoms with E-state index in [2.05, 4.69) is 0 Å².